The summed E-state index contributed by atoms with van der Waals surface area (Å²) in [7, 11) is 1.66. The van der Waals surface area contributed by atoms with Crippen LogP contribution < -0.4 is 11.3 Å². The van der Waals surface area contributed by atoms with Gasteiger partial charge in [0.1, 0.15) is 0 Å². The molecule has 0 radical (unpaired) electrons. The Morgan fingerprint density at radius 3 is 2.62 bits per heavy atom. The Morgan fingerprint density at radius 2 is 2.00 bits per heavy atom. The maximum Gasteiger partial charge on any atom is 0.233 e. The van der Waals surface area contributed by atoms with E-state index in [4.69, 9.17) is 15.3 Å². The molecule has 5 heteroatoms. The molecule has 5 nitrogen and oxygen atoms in total. The molecule has 13 heavy (non-hydrogen) atoms. The second-order valence-electron chi connectivity index (χ2n) is 2.63. The monoisotopic (exact) mass is 190 g/mol. The molecule has 0 aromatic heterocycles. The van der Waals surface area contributed by atoms with Crippen LogP contribution >= 0.6 is 0 Å². The number of amides is 1. The third-order valence-electron chi connectivity index (χ3n) is 1.49. The fraction of sp³-hybridized carbons (Fsp3) is 0.875. The Balaban J connectivity index is 2.95. The van der Waals surface area contributed by atoms with Gasteiger partial charge in [-0.25, -0.2) is 5.84 Å². The minimum atomic E-state index is -0.152. The van der Waals surface area contributed by atoms with Gasteiger partial charge in [0, 0.05) is 33.4 Å². The molecule has 0 rings (SSSR count). The van der Waals surface area contributed by atoms with Gasteiger partial charge >= 0.3 is 0 Å². The van der Waals surface area contributed by atoms with Gasteiger partial charge < -0.3 is 9.47 Å². The summed E-state index contributed by atoms with van der Waals surface area (Å²) in [6, 6.07) is 0. The number of carbonyl (C=O) groups is 1. The van der Waals surface area contributed by atoms with Gasteiger partial charge in [-0.15, -0.1) is 0 Å². The van der Waals surface area contributed by atoms with E-state index in [1.54, 1.807) is 7.11 Å². The molecule has 0 aliphatic carbocycles. The lowest BCUT2D eigenvalue weighted by atomic mass is 10.3. The van der Waals surface area contributed by atoms with Gasteiger partial charge in [-0.2, -0.15) is 0 Å². The van der Waals surface area contributed by atoms with E-state index in [-0.39, 0.29) is 5.91 Å². The summed E-state index contributed by atoms with van der Waals surface area (Å²) in [5.74, 6) is 4.74. The number of rotatable bonds is 8. The molecular weight excluding hydrogens is 172 g/mol. The Morgan fingerprint density at radius 1 is 1.31 bits per heavy atom. The highest BCUT2D eigenvalue weighted by Gasteiger charge is 1.96. The molecule has 0 aromatic rings. The molecule has 0 aliphatic heterocycles. The molecule has 0 heterocycles. The molecule has 1 amide bonds. The van der Waals surface area contributed by atoms with Crippen molar-refractivity contribution in [2.45, 2.75) is 19.3 Å². The summed E-state index contributed by atoms with van der Waals surface area (Å²) in [5.41, 5.74) is 2.06. The van der Waals surface area contributed by atoms with Crippen LogP contribution in [-0.2, 0) is 14.3 Å². The van der Waals surface area contributed by atoms with Crippen molar-refractivity contribution >= 4 is 5.91 Å². The SMILES string of the molecule is COCCCOCCCC(=O)NN. The van der Waals surface area contributed by atoms with Crippen molar-refractivity contribution in [2.24, 2.45) is 5.84 Å². The number of hydrogen-bond acceptors (Lipinski definition) is 4. The van der Waals surface area contributed by atoms with E-state index in [1.807, 2.05) is 0 Å². The molecule has 0 saturated carbocycles. The first-order chi connectivity index (χ1) is 6.31. The van der Waals surface area contributed by atoms with Crippen molar-refractivity contribution in [3.63, 3.8) is 0 Å². The highest BCUT2D eigenvalue weighted by atomic mass is 16.5. The van der Waals surface area contributed by atoms with Crippen LogP contribution in [0.25, 0.3) is 0 Å². The number of ether oxygens (including phenoxy) is 2. The highest BCUT2D eigenvalue weighted by molar-refractivity contribution is 5.75. The third-order valence-corrected chi connectivity index (χ3v) is 1.49. The molecule has 0 saturated heterocycles. The number of carbonyl (C=O) groups excluding carboxylic acids is 1. The van der Waals surface area contributed by atoms with E-state index >= 15 is 0 Å². The second kappa shape index (κ2) is 9.44. The second-order valence-corrected chi connectivity index (χ2v) is 2.63. The predicted molar refractivity (Wildman–Crippen MR) is 48.9 cm³/mol. The van der Waals surface area contributed by atoms with Crippen LogP contribution in [0.3, 0.4) is 0 Å². The molecule has 0 spiro atoms. The summed E-state index contributed by atoms with van der Waals surface area (Å²) in [6.45, 7) is 1.98. The molecule has 0 unspecified atom stereocenters. The molecule has 0 fully saturated rings. The minimum Gasteiger partial charge on any atom is -0.385 e. The van der Waals surface area contributed by atoms with E-state index in [9.17, 15) is 4.79 Å². The van der Waals surface area contributed by atoms with Gasteiger partial charge in [0.15, 0.2) is 0 Å². The average Bonchev–Trinajstić information content (AvgIpc) is 2.16. The predicted octanol–water partition coefficient (Wildman–Crippen LogP) is -0.190. The Bertz CT molecular complexity index is 131. The van der Waals surface area contributed by atoms with E-state index in [1.165, 1.54) is 0 Å². The topological polar surface area (TPSA) is 73.6 Å². The molecule has 0 aliphatic rings. The quantitative estimate of drug-likeness (QED) is 0.241. The zero-order chi connectivity index (χ0) is 9.94. The molecule has 0 bridgehead atoms. The van der Waals surface area contributed by atoms with Crippen molar-refractivity contribution < 1.29 is 14.3 Å². The number of hydrogen-bond donors (Lipinski definition) is 2. The van der Waals surface area contributed by atoms with Gasteiger partial charge in [-0.05, 0) is 12.8 Å². The first-order valence-electron chi connectivity index (χ1n) is 4.37. The van der Waals surface area contributed by atoms with Gasteiger partial charge in [-0.3, -0.25) is 10.2 Å². The summed E-state index contributed by atoms with van der Waals surface area (Å²) in [6.07, 6.45) is 2.01. The molecule has 0 aromatic carbocycles. The van der Waals surface area contributed by atoms with E-state index < -0.39 is 0 Å². The van der Waals surface area contributed by atoms with Crippen molar-refractivity contribution in [2.75, 3.05) is 26.9 Å². The number of methoxy groups -OCH3 is 1. The van der Waals surface area contributed by atoms with Crippen LogP contribution in [0.5, 0.6) is 0 Å². The number of nitrogens with one attached hydrogen (secondary N) is 1. The Kier molecular flexibility index (Phi) is 8.97. The van der Waals surface area contributed by atoms with Crippen LogP contribution in [-0.4, -0.2) is 32.8 Å². The van der Waals surface area contributed by atoms with Crippen LogP contribution in [0.15, 0.2) is 0 Å². The summed E-state index contributed by atoms with van der Waals surface area (Å²) in [4.78, 5) is 10.6. The smallest absolute Gasteiger partial charge is 0.233 e. The van der Waals surface area contributed by atoms with Crippen LogP contribution in [0, 0.1) is 0 Å². The fourth-order valence-corrected chi connectivity index (χ4v) is 0.814. The van der Waals surface area contributed by atoms with E-state index in [2.05, 4.69) is 5.43 Å². The Labute approximate surface area is 78.5 Å². The van der Waals surface area contributed by atoms with Crippen molar-refractivity contribution in [1.82, 2.24) is 5.43 Å². The number of nitrogens with two attached hydrogens (primary N) is 1. The van der Waals surface area contributed by atoms with Gasteiger partial charge in [0.25, 0.3) is 0 Å². The van der Waals surface area contributed by atoms with Crippen LogP contribution in [0.1, 0.15) is 19.3 Å². The normalized spacial score (nSPS) is 10.0. The zero-order valence-electron chi connectivity index (χ0n) is 8.04. The van der Waals surface area contributed by atoms with E-state index in [0.717, 1.165) is 6.42 Å². The summed E-state index contributed by atoms with van der Waals surface area (Å²) < 4.78 is 10.1. The van der Waals surface area contributed by atoms with Crippen molar-refractivity contribution in [3.05, 3.63) is 0 Å². The van der Waals surface area contributed by atoms with Gasteiger partial charge in [0.05, 0.1) is 0 Å². The van der Waals surface area contributed by atoms with Crippen molar-refractivity contribution in [1.29, 1.82) is 0 Å². The first-order valence-corrected chi connectivity index (χ1v) is 4.37. The maximum atomic E-state index is 10.6. The lowest BCUT2D eigenvalue weighted by Gasteiger charge is -2.02. The zero-order valence-corrected chi connectivity index (χ0v) is 8.04. The average molecular weight is 190 g/mol. The third kappa shape index (κ3) is 9.26. The van der Waals surface area contributed by atoms with Gasteiger partial charge in [-0.1, -0.05) is 0 Å². The highest BCUT2D eigenvalue weighted by Crippen LogP contribution is 1.91. The molecule has 3 N–H and O–H groups in total. The van der Waals surface area contributed by atoms with E-state index in [0.29, 0.717) is 32.7 Å². The lowest BCUT2D eigenvalue weighted by Crippen LogP contribution is -2.29. The number of hydrazine groups is 1. The van der Waals surface area contributed by atoms with Gasteiger partial charge in [0.2, 0.25) is 5.91 Å². The van der Waals surface area contributed by atoms with Crippen LogP contribution in [0.2, 0.25) is 0 Å². The molecular formula is C8H18N2O3. The first kappa shape index (κ1) is 12.3. The molecule has 78 valence electrons. The fourth-order valence-electron chi connectivity index (χ4n) is 0.814. The Hall–Kier alpha value is -0.650. The summed E-state index contributed by atoms with van der Waals surface area (Å²) >= 11 is 0. The standard InChI is InChI=1S/C8H18N2O3/c1-12-5-3-7-13-6-2-4-8(11)10-9/h2-7,9H2,1H3,(H,10,11). The largest absolute Gasteiger partial charge is 0.385 e. The van der Waals surface area contributed by atoms with Crippen molar-refractivity contribution in [3.8, 4) is 0 Å². The maximum absolute atomic E-state index is 10.6. The summed E-state index contributed by atoms with van der Waals surface area (Å²) in [5, 5.41) is 0. The van der Waals surface area contributed by atoms with Crippen LogP contribution in [0.4, 0.5) is 0 Å². The minimum absolute atomic E-state index is 0.152. The lowest BCUT2D eigenvalue weighted by molar-refractivity contribution is -0.121. The molecule has 0 atom stereocenters.